The minimum atomic E-state index is -1.29. The van der Waals surface area contributed by atoms with E-state index in [4.69, 9.17) is 9.47 Å². The van der Waals surface area contributed by atoms with Crippen molar-refractivity contribution < 1.29 is 24.5 Å². The third kappa shape index (κ3) is 5.76. The summed E-state index contributed by atoms with van der Waals surface area (Å²) in [6.45, 7) is 11.2. The maximum Gasteiger partial charge on any atom is 0.333 e. The quantitative estimate of drug-likeness (QED) is 0.434. The first kappa shape index (κ1) is 24.0. The maximum atomic E-state index is 11.4. The first-order valence-corrected chi connectivity index (χ1v) is 11.6. The average Bonchev–Trinajstić information content (AvgIpc) is 3.01. The molecule has 0 aromatic heterocycles. The van der Waals surface area contributed by atoms with Crippen LogP contribution in [0, 0.1) is 11.3 Å². The molecule has 0 saturated heterocycles. The molecule has 3 aliphatic rings. The number of hydrogen-bond donors (Lipinski definition) is 2. The number of carbonyl (C=O) groups excluding carboxylic acids is 1. The van der Waals surface area contributed by atoms with Crippen LogP contribution in [0.25, 0.3) is 0 Å². The van der Waals surface area contributed by atoms with Crippen LogP contribution in [-0.4, -0.2) is 34.9 Å². The van der Waals surface area contributed by atoms with Gasteiger partial charge in [0.2, 0.25) is 6.29 Å². The molecule has 31 heavy (non-hydrogen) atoms. The zero-order valence-electron chi connectivity index (χ0n) is 19.6. The summed E-state index contributed by atoms with van der Waals surface area (Å²) < 4.78 is 10.5. The molecule has 2 aliphatic heterocycles. The second-order valence-corrected chi connectivity index (χ2v) is 10.0. The zero-order chi connectivity index (χ0) is 22.8. The Morgan fingerprint density at radius 3 is 2.65 bits per heavy atom. The molecule has 4 unspecified atom stereocenters. The molecule has 3 rings (SSSR count). The van der Waals surface area contributed by atoms with E-state index in [1.165, 1.54) is 30.9 Å². The molecule has 5 nitrogen and oxygen atoms in total. The minimum Gasteiger partial charge on any atom is -0.429 e. The van der Waals surface area contributed by atoms with Gasteiger partial charge in [0.25, 0.3) is 0 Å². The van der Waals surface area contributed by atoms with Crippen LogP contribution in [-0.2, 0) is 14.3 Å². The van der Waals surface area contributed by atoms with Crippen LogP contribution in [0.4, 0.5) is 0 Å². The van der Waals surface area contributed by atoms with Crippen molar-refractivity contribution in [2.75, 3.05) is 0 Å². The molecular formula is C26H38O5. The lowest BCUT2D eigenvalue weighted by atomic mass is 9.71. The number of cyclic esters (lactones) is 1. The molecule has 172 valence electrons. The molecule has 0 aromatic rings. The van der Waals surface area contributed by atoms with Gasteiger partial charge in [-0.15, -0.1) is 0 Å². The summed E-state index contributed by atoms with van der Waals surface area (Å²) in [4.78, 5) is 11.4. The molecule has 0 amide bonds. The number of esters is 1. The van der Waals surface area contributed by atoms with Gasteiger partial charge in [-0.25, -0.2) is 4.79 Å². The van der Waals surface area contributed by atoms with E-state index in [0.717, 1.165) is 31.3 Å². The normalized spacial score (nSPS) is 31.5. The van der Waals surface area contributed by atoms with E-state index in [0.29, 0.717) is 11.0 Å². The highest BCUT2D eigenvalue weighted by molar-refractivity contribution is 5.85. The SMILES string of the molecule is CC1=C(CC/C(C)=C/CCC2=CC(C)C(C3=CC(=O)OC3O)OC2O)C(C)(C)CCC1. The number of aliphatic hydroxyl groups excluding tert-OH is 2. The summed E-state index contributed by atoms with van der Waals surface area (Å²) in [7, 11) is 0. The largest absolute Gasteiger partial charge is 0.429 e. The van der Waals surface area contributed by atoms with E-state index in [1.807, 2.05) is 13.0 Å². The van der Waals surface area contributed by atoms with Crippen LogP contribution in [0.1, 0.15) is 79.6 Å². The average molecular weight is 431 g/mol. The van der Waals surface area contributed by atoms with Gasteiger partial charge in [0.15, 0.2) is 6.29 Å². The fourth-order valence-electron chi connectivity index (χ4n) is 5.22. The molecule has 0 spiro atoms. The van der Waals surface area contributed by atoms with Gasteiger partial charge in [0.05, 0.1) is 6.10 Å². The smallest absolute Gasteiger partial charge is 0.333 e. The number of allylic oxidation sites excluding steroid dienone is 4. The van der Waals surface area contributed by atoms with E-state index in [1.54, 1.807) is 11.1 Å². The number of aliphatic hydroxyl groups is 2. The number of carbonyl (C=O) groups is 1. The number of rotatable bonds is 7. The highest BCUT2D eigenvalue weighted by Gasteiger charge is 2.37. The van der Waals surface area contributed by atoms with Gasteiger partial charge < -0.3 is 19.7 Å². The highest BCUT2D eigenvalue weighted by Crippen LogP contribution is 2.42. The van der Waals surface area contributed by atoms with Crippen LogP contribution in [0.15, 0.2) is 46.1 Å². The van der Waals surface area contributed by atoms with Gasteiger partial charge in [-0.1, -0.05) is 49.6 Å². The summed E-state index contributed by atoms with van der Waals surface area (Å²) >= 11 is 0. The Morgan fingerprint density at radius 2 is 2.00 bits per heavy atom. The third-order valence-corrected chi connectivity index (χ3v) is 7.05. The maximum absolute atomic E-state index is 11.4. The third-order valence-electron chi connectivity index (χ3n) is 7.05. The van der Waals surface area contributed by atoms with Crippen molar-refractivity contribution in [1.29, 1.82) is 0 Å². The standard InChI is InChI=1S/C26H38O5/c1-16(11-12-21-17(2)9-7-13-26(21,4)5)8-6-10-19-14-18(3)23(31-24(19)28)20-15-22(27)30-25(20)29/h8,14-15,18,23-25,28-29H,6-7,9-13H2,1-5H3/b16-8+. The van der Waals surface area contributed by atoms with Crippen molar-refractivity contribution in [1.82, 2.24) is 0 Å². The van der Waals surface area contributed by atoms with Crippen LogP contribution >= 0.6 is 0 Å². The molecule has 0 bridgehead atoms. The Labute approximate surface area is 186 Å². The fourth-order valence-corrected chi connectivity index (χ4v) is 5.22. The Bertz CT molecular complexity index is 814. The topological polar surface area (TPSA) is 76.0 Å². The second-order valence-electron chi connectivity index (χ2n) is 10.0. The summed E-state index contributed by atoms with van der Waals surface area (Å²) in [5, 5.41) is 20.3. The van der Waals surface area contributed by atoms with Crippen molar-refractivity contribution >= 4 is 5.97 Å². The summed E-state index contributed by atoms with van der Waals surface area (Å²) in [6.07, 6.45) is 10.2. The zero-order valence-corrected chi connectivity index (χ0v) is 19.6. The Hall–Kier alpha value is -1.69. The number of ether oxygens (including phenoxy) is 2. The molecule has 2 heterocycles. The van der Waals surface area contributed by atoms with Gasteiger partial charge in [-0.3, -0.25) is 0 Å². The summed E-state index contributed by atoms with van der Waals surface area (Å²) in [5.41, 5.74) is 6.14. The van der Waals surface area contributed by atoms with Gasteiger partial charge in [0, 0.05) is 17.6 Å². The molecule has 5 heteroatoms. The Morgan fingerprint density at radius 1 is 1.26 bits per heavy atom. The fraction of sp³-hybridized carbons (Fsp3) is 0.654. The monoisotopic (exact) mass is 430 g/mol. The van der Waals surface area contributed by atoms with Crippen LogP contribution < -0.4 is 0 Å². The van der Waals surface area contributed by atoms with E-state index in [9.17, 15) is 15.0 Å². The first-order valence-electron chi connectivity index (χ1n) is 11.6. The van der Waals surface area contributed by atoms with Gasteiger partial charge in [-0.05, 0) is 69.8 Å². The van der Waals surface area contributed by atoms with E-state index < -0.39 is 24.7 Å². The predicted octanol–water partition coefficient (Wildman–Crippen LogP) is 5.10. The van der Waals surface area contributed by atoms with E-state index >= 15 is 0 Å². The molecule has 0 aromatic carbocycles. The summed E-state index contributed by atoms with van der Waals surface area (Å²) in [6, 6.07) is 0. The molecule has 1 aliphatic carbocycles. The Balaban J connectivity index is 1.54. The lowest BCUT2D eigenvalue weighted by Crippen LogP contribution is -2.37. The van der Waals surface area contributed by atoms with Crippen LogP contribution in [0.5, 0.6) is 0 Å². The van der Waals surface area contributed by atoms with Crippen molar-refractivity contribution in [3.63, 3.8) is 0 Å². The van der Waals surface area contributed by atoms with Crippen LogP contribution in [0.2, 0.25) is 0 Å². The minimum absolute atomic E-state index is 0.0673. The van der Waals surface area contributed by atoms with Crippen molar-refractivity contribution in [2.45, 2.75) is 98.2 Å². The summed E-state index contributed by atoms with van der Waals surface area (Å²) in [5.74, 6) is -0.645. The molecule has 0 radical (unpaired) electrons. The lowest BCUT2D eigenvalue weighted by Gasteiger charge is -2.35. The highest BCUT2D eigenvalue weighted by atomic mass is 16.6. The molecule has 0 saturated carbocycles. The lowest BCUT2D eigenvalue weighted by molar-refractivity contribution is -0.157. The molecule has 4 atom stereocenters. The predicted molar refractivity (Wildman–Crippen MR) is 121 cm³/mol. The van der Waals surface area contributed by atoms with Crippen molar-refractivity contribution in [2.24, 2.45) is 11.3 Å². The molecular weight excluding hydrogens is 392 g/mol. The van der Waals surface area contributed by atoms with Crippen LogP contribution in [0.3, 0.4) is 0 Å². The van der Waals surface area contributed by atoms with Gasteiger partial charge >= 0.3 is 5.97 Å². The van der Waals surface area contributed by atoms with Gasteiger partial charge in [-0.2, -0.15) is 0 Å². The van der Waals surface area contributed by atoms with Crippen molar-refractivity contribution in [3.05, 3.63) is 46.1 Å². The van der Waals surface area contributed by atoms with E-state index in [2.05, 4.69) is 33.8 Å². The van der Waals surface area contributed by atoms with Crippen molar-refractivity contribution in [3.8, 4) is 0 Å². The molecule has 0 fully saturated rings. The number of hydrogen-bond acceptors (Lipinski definition) is 5. The van der Waals surface area contributed by atoms with E-state index in [-0.39, 0.29) is 5.92 Å². The second kappa shape index (κ2) is 9.85. The molecule has 2 N–H and O–H groups in total. The first-order chi connectivity index (χ1) is 14.6. The Kier molecular flexibility index (Phi) is 7.61. The van der Waals surface area contributed by atoms with Gasteiger partial charge in [0.1, 0.15) is 0 Å².